The maximum atomic E-state index is 13.6. The average molecular weight is 425 g/mol. The molecule has 2 aliphatic rings. The molecule has 1 saturated heterocycles. The third-order valence-electron chi connectivity index (χ3n) is 5.48. The third kappa shape index (κ3) is 4.71. The second kappa shape index (κ2) is 9.20. The lowest BCUT2D eigenvalue weighted by atomic mass is 9.90. The molecule has 0 bridgehead atoms. The van der Waals surface area contributed by atoms with Crippen LogP contribution in [-0.4, -0.2) is 48.2 Å². The van der Waals surface area contributed by atoms with Gasteiger partial charge in [-0.1, -0.05) is 12.1 Å². The summed E-state index contributed by atoms with van der Waals surface area (Å²) < 4.78 is 25.2. The van der Waals surface area contributed by atoms with Crippen LogP contribution in [0.4, 0.5) is 4.39 Å². The largest absolute Gasteiger partial charge is 0.494 e. The molecule has 4 rings (SSSR count). The molecule has 0 radical (unpaired) electrons. The van der Waals surface area contributed by atoms with Gasteiger partial charge in [0, 0.05) is 30.6 Å². The van der Waals surface area contributed by atoms with Gasteiger partial charge in [0.2, 0.25) is 0 Å². The van der Waals surface area contributed by atoms with E-state index in [1.165, 1.54) is 12.1 Å². The first-order chi connectivity index (χ1) is 15.0. The van der Waals surface area contributed by atoms with Crippen LogP contribution in [0.3, 0.4) is 0 Å². The molecule has 1 fully saturated rings. The van der Waals surface area contributed by atoms with Crippen LogP contribution in [0.5, 0.6) is 11.5 Å². The molecule has 6 nitrogen and oxygen atoms in total. The molecule has 162 valence electrons. The molecule has 0 atom stereocenters. The van der Waals surface area contributed by atoms with Crippen molar-refractivity contribution in [2.45, 2.75) is 25.7 Å². The number of nitrogens with zero attached hydrogens (tertiary/aromatic N) is 1. The minimum absolute atomic E-state index is 0.0310. The number of benzene rings is 2. The van der Waals surface area contributed by atoms with Gasteiger partial charge in [0.25, 0.3) is 5.91 Å². The molecule has 0 aromatic heterocycles. The number of ether oxygens (including phenoxy) is 2. The summed E-state index contributed by atoms with van der Waals surface area (Å²) in [5, 5.41) is 8.78. The Bertz CT molecular complexity index is 1010. The Labute approximate surface area is 179 Å². The highest BCUT2D eigenvalue weighted by Crippen LogP contribution is 2.40. The Kier molecular flexibility index (Phi) is 6.21. The fraction of sp³-hybridized carbons (Fsp3) is 0.333. The van der Waals surface area contributed by atoms with Gasteiger partial charge in [-0.2, -0.15) is 0 Å². The van der Waals surface area contributed by atoms with E-state index in [-0.39, 0.29) is 31.4 Å². The predicted octanol–water partition coefficient (Wildman–Crippen LogP) is 3.89. The fourth-order valence-corrected chi connectivity index (χ4v) is 3.94. The number of likely N-dealkylation sites (tertiary alicyclic amines) is 1. The van der Waals surface area contributed by atoms with Crippen molar-refractivity contribution < 1.29 is 28.6 Å². The summed E-state index contributed by atoms with van der Waals surface area (Å²) >= 11 is 0. The number of rotatable bonds is 7. The number of carbonyl (C=O) groups is 2. The van der Waals surface area contributed by atoms with Gasteiger partial charge in [0.15, 0.2) is 0 Å². The number of carbonyl (C=O) groups excluding carboxylic acids is 1. The summed E-state index contributed by atoms with van der Waals surface area (Å²) in [6, 6.07) is 11.4. The Hall–Kier alpha value is -3.35. The predicted molar refractivity (Wildman–Crippen MR) is 113 cm³/mol. The zero-order valence-corrected chi connectivity index (χ0v) is 17.1. The lowest BCUT2D eigenvalue weighted by molar-refractivity contribution is -0.137. The second-order valence-corrected chi connectivity index (χ2v) is 7.65. The molecule has 1 amide bonds. The maximum Gasteiger partial charge on any atom is 0.303 e. The van der Waals surface area contributed by atoms with E-state index < -0.39 is 5.97 Å². The molecule has 0 aliphatic carbocycles. The van der Waals surface area contributed by atoms with Crippen LogP contribution in [0.25, 0.3) is 5.57 Å². The maximum absolute atomic E-state index is 13.6. The summed E-state index contributed by atoms with van der Waals surface area (Å²) in [5.41, 5.74) is 2.70. The third-order valence-corrected chi connectivity index (χ3v) is 5.48. The van der Waals surface area contributed by atoms with Crippen molar-refractivity contribution in [2.24, 2.45) is 0 Å². The first kappa shape index (κ1) is 20.9. The standard InChI is InChI=1S/C24H24FNO5/c25-17-7-5-16(6-8-17)23-19-14-18(30-13-3-4-22(27)28)9-10-21(19)31-15-20(23)24(29)26-11-1-2-12-26/h5-10,14H,1-4,11-13,15H2,(H,27,28). The minimum Gasteiger partial charge on any atom is -0.494 e. The molecule has 2 heterocycles. The number of carboxylic acids is 1. The van der Waals surface area contributed by atoms with Crippen molar-refractivity contribution >= 4 is 17.4 Å². The van der Waals surface area contributed by atoms with Gasteiger partial charge in [-0.3, -0.25) is 9.59 Å². The van der Waals surface area contributed by atoms with E-state index in [1.807, 2.05) is 4.90 Å². The number of carboxylic acid groups (broad SMARTS) is 1. The van der Waals surface area contributed by atoms with Crippen LogP contribution in [0.15, 0.2) is 48.0 Å². The summed E-state index contributed by atoms with van der Waals surface area (Å²) in [7, 11) is 0. The number of fused-ring (bicyclic) bond motifs is 1. The molecule has 7 heteroatoms. The Morgan fingerprint density at radius 2 is 1.84 bits per heavy atom. The van der Waals surface area contributed by atoms with Gasteiger partial charge in [0.05, 0.1) is 12.2 Å². The van der Waals surface area contributed by atoms with Crippen molar-refractivity contribution in [1.82, 2.24) is 4.90 Å². The van der Waals surface area contributed by atoms with Crippen LogP contribution in [-0.2, 0) is 9.59 Å². The number of hydrogen-bond acceptors (Lipinski definition) is 4. The van der Waals surface area contributed by atoms with Crippen molar-refractivity contribution in [3.8, 4) is 11.5 Å². The van der Waals surface area contributed by atoms with E-state index >= 15 is 0 Å². The lowest BCUT2D eigenvalue weighted by Gasteiger charge is -2.27. The van der Waals surface area contributed by atoms with Crippen LogP contribution < -0.4 is 9.47 Å². The van der Waals surface area contributed by atoms with Crippen molar-refractivity contribution in [2.75, 3.05) is 26.3 Å². The lowest BCUT2D eigenvalue weighted by Crippen LogP contribution is -2.33. The van der Waals surface area contributed by atoms with Gasteiger partial charge in [-0.15, -0.1) is 0 Å². The summed E-state index contributed by atoms with van der Waals surface area (Å²) in [5.74, 6) is -0.0961. The number of aliphatic carboxylic acids is 1. The van der Waals surface area contributed by atoms with Crippen LogP contribution in [0, 0.1) is 5.82 Å². The minimum atomic E-state index is -0.867. The highest BCUT2D eigenvalue weighted by Gasteiger charge is 2.30. The highest BCUT2D eigenvalue weighted by molar-refractivity contribution is 6.06. The van der Waals surface area contributed by atoms with E-state index in [2.05, 4.69) is 0 Å². The fourth-order valence-electron chi connectivity index (χ4n) is 3.94. The zero-order chi connectivity index (χ0) is 21.8. The number of hydrogen-bond donors (Lipinski definition) is 1. The van der Waals surface area contributed by atoms with Crippen molar-refractivity contribution in [3.63, 3.8) is 0 Å². The Morgan fingerprint density at radius 3 is 2.55 bits per heavy atom. The first-order valence-corrected chi connectivity index (χ1v) is 10.4. The van der Waals surface area contributed by atoms with E-state index in [4.69, 9.17) is 14.6 Å². The molecule has 31 heavy (non-hydrogen) atoms. The van der Waals surface area contributed by atoms with Gasteiger partial charge < -0.3 is 19.5 Å². The van der Waals surface area contributed by atoms with E-state index in [1.54, 1.807) is 30.3 Å². The summed E-state index contributed by atoms with van der Waals surface area (Å²) in [6.45, 7) is 1.85. The highest BCUT2D eigenvalue weighted by atomic mass is 19.1. The molecule has 0 saturated carbocycles. The summed E-state index contributed by atoms with van der Waals surface area (Å²) in [6.07, 6.45) is 2.39. The van der Waals surface area contributed by atoms with Crippen LogP contribution in [0.2, 0.25) is 0 Å². The molecule has 2 aromatic rings. The van der Waals surface area contributed by atoms with E-state index in [0.717, 1.165) is 31.5 Å². The molecule has 0 unspecified atom stereocenters. The van der Waals surface area contributed by atoms with E-state index in [9.17, 15) is 14.0 Å². The SMILES string of the molecule is O=C(O)CCCOc1ccc2c(c1)C(c1ccc(F)cc1)=C(C(=O)N1CCCC1)CO2. The second-order valence-electron chi connectivity index (χ2n) is 7.65. The number of halogens is 1. The quantitative estimate of drug-likeness (QED) is 0.682. The van der Waals surface area contributed by atoms with E-state index in [0.29, 0.717) is 34.6 Å². The Morgan fingerprint density at radius 1 is 1.10 bits per heavy atom. The molecule has 2 aromatic carbocycles. The van der Waals surface area contributed by atoms with Crippen LogP contribution in [0.1, 0.15) is 36.8 Å². The first-order valence-electron chi connectivity index (χ1n) is 10.4. The van der Waals surface area contributed by atoms with Crippen molar-refractivity contribution in [3.05, 3.63) is 65.0 Å². The normalized spacial score (nSPS) is 15.5. The number of amides is 1. The van der Waals surface area contributed by atoms with Gasteiger partial charge in [0.1, 0.15) is 23.9 Å². The molecule has 1 N–H and O–H groups in total. The summed E-state index contributed by atoms with van der Waals surface area (Å²) in [4.78, 5) is 25.8. The molecular weight excluding hydrogens is 401 g/mol. The molecule has 2 aliphatic heterocycles. The molecular formula is C24H24FNO5. The smallest absolute Gasteiger partial charge is 0.303 e. The topological polar surface area (TPSA) is 76.1 Å². The molecule has 0 spiro atoms. The Balaban J connectivity index is 1.71. The van der Waals surface area contributed by atoms with Gasteiger partial charge in [-0.25, -0.2) is 4.39 Å². The monoisotopic (exact) mass is 425 g/mol. The van der Waals surface area contributed by atoms with Gasteiger partial charge in [-0.05, 0) is 55.2 Å². The van der Waals surface area contributed by atoms with Crippen molar-refractivity contribution in [1.29, 1.82) is 0 Å². The average Bonchev–Trinajstić information content (AvgIpc) is 3.31. The van der Waals surface area contributed by atoms with Gasteiger partial charge >= 0.3 is 5.97 Å². The van der Waals surface area contributed by atoms with Crippen LogP contribution >= 0.6 is 0 Å². The zero-order valence-electron chi connectivity index (χ0n) is 17.1.